The van der Waals surface area contributed by atoms with Crippen LogP contribution in [0.1, 0.15) is 43.1 Å². The van der Waals surface area contributed by atoms with Gasteiger partial charge in [-0.2, -0.15) is 4.80 Å². The number of benzene rings is 1. The minimum absolute atomic E-state index is 0.0849. The Bertz CT molecular complexity index is 952. The summed E-state index contributed by atoms with van der Waals surface area (Å²) in [6, 6.07) is 11.2. The van der Waals surface area contributed by atoms with E-state index < -0.39 is 6.04 Å². The molecule has 3 aromatic rings. The van der Waals surface area contributed by atoms with Crippen molar-refractivity contribution < 1.29 is 4.79 Å². The van der Waals surface area contributed by atoms with Crippen LogP contribution in [-0.4, -0.2) is 50.6 Å². The number of halogens is 1. The quantitative estimate of drug-likeness (QED) is 0.569. The maximum atomic E-state index is 13.0. The Morgan fingerprint density at radius 3 is 2.67 bits per heavy atom. The molecule has 0 bridgehead atoms. The van der Waals surface area contributed by atoms with E-state index in [9.17, 15) is 4.79 Å². The third-order valence-corrected chi connectivity index (χ3v) is 6.65. The lowest BCUT2D eigenvalue weighted by atomic mass is 10.2. The molecule has 1 fully saturated rings. The van der Waals surface area contributed by atoms with E-state index in [-0.39, 0.29) is 11.9 Å². The summed E-state index contributed by atoms with van der Waals surface area (Å²) in [7, 11) is 0. The summed E-state index contributed by atoms with van der Waals surface area (Å²) >= 11 is 7.69. The first-order chi connectivity index (χ1) is 14.7. The number of nitrogens with one attached hydrogen (secondary N) is 1. The summed E-state index contributed by atoms with van der Waals surface area (Å²) in [6.07, 6.45) is 3.00. The van der Waals surface area contributed by atoms with Crippen molar-refractivity contribution in [2.75, 3.05) is 19.6 Å². The van der Waals surface area contributed by atoms with Gasteiger partial charge in [0.15, 0.2) is 6.04 Å². The monoisotopic (exact) mass is 444 g/mol. The Hall–Kier alpha value is -2.29. The summed E-state index contributed by atoms with van der Waals surface area (Å²) in [6.45, 7) is 4.68. The first-order valence-electron chi connectivity index (χ1n) is 10.3. The van der Waals surface area contributed by atoms with Gasteiger partial charge in [-0.05, 0) is 73.3 Å². The largest absolute Gasteiger partial charge is 0.352 e. The van der Waals surface area contributed by atoms with E-state index in [0.29, 0.717) is 23.8 Å². The van der Waals surface area contributed by atoms with Crippen LogP contribution in [0.15, 0.2) is 41.8 Å². The Balaban J connectivity index is 1.44. The molecule has 2 atom stereocenters. The zero-order valence-electron chi connectivity index (χ0n) is 16.9. The normalized spacial score (nSPS) is 16.5. The number of amides is 1. The number of aromatic nitrogens is 4. The van der Waals surface area contributed by atoms with E-state index >= 15 is 0 Å². The van der Waals surface area contributed by atoms with E-state index in [1.807, 2.05) is 19.1 Å². The van der Waals surface area contributed by atoms with Gasteiger partial charge in [-0.1, -0.05) is 24.6 Å². The molecule has 1 aliphatic heterocycles. The molecule has 1 aliphatic rings. The van der Waals surface area contributed by atoms with Crippen LogP contribution in [0, 0.1) is 0 Å². The molecule has 3 heterocycles. The smallest absolute Gasteiger partial charge is 0.246 e. The summed E-state index contributed by atoms with van der Waals surface area (Å²) in [4.78, 5) is 18.1. The molecule has 4 rings (SSSR count). The van der Waals surface area contributed by atoms with Gasteiger partial charge >= 0.3 is 0 Å². The maximum absolute atomic E-state index is 13.0. The van der Waals surface area contributed by atoms with E-state index in [1.54, 1.807) is 23.5 Å². The van der Waals surface area contributed by atoms with Gasteiger partial charge in [0.05, 0.1) is 6.04 Å². The first kappa shape index (κ1) is 21.0. The molecule has 1 aromatic carbocycles. The van der Waals surface area contributed by atoms with Crippen LogP contribution in [0.2, 0.25) is 5.02 Å². The van der Waals surface area contributed by atoms with E-state index in [4.69, 9.17) is 11.6 Å². The molecule has 0 saturated carbocycles. The predicted octanol–water partition coefficient (Wildman–Crippen LogP) is 3.96. The van der Waals surface area contributed by atoms with Crippen molar-refractivity contribution in [3.05, 3.63) is 51.7 Å². The summed E-state index contributed by atoms with van der Waals surface area (Å²) in [5.74, 6) is 0.393. The summed E-state index contributed by atoms with van der Waals surface area (Å²) < 4.78 is 0. The van der Waals surface area contributed by atoms with Crippen molar-refractivity contribution in [2.45, 2.75) is 38.3 Å². The van der Waals surface area contributed by atoms with Gasteiger partial charge in [0, 0.05) is 22.0 Å². The van der Waals surface area contributed by atoms with Crippen LogP contribution < -0.4 is 5.32 Å². The molecule has 0 aliphatic carbocycles. The molecule has 2 aromatic heterocycles. The Kier molecular flexibility index (Phi) is 6.76. The topological polar surface area (TPSA) is 75.9 Å². The van der Waals surface area contributed by atoms with E-state index in [2.05, 4.69) is 43.1 Å². The van der Waals surface area contributed by atoms with Gasteiger partial charge in [-0.15, -0.1) is 21.5 Å². The van der Waals surface area contributed by atoms with Gasteiger partial charge in [0.1, 0.15) is 0 Å². The van der Waals surface area contributed by atoms with Gasteiger partial charge in [-0.25, -0.2) is 0 Å². The fourth-order valence-corrected chi connectivity index (χ4v) is 4.77. The lowest BCUT2D eigenvalue weighted by molar-refractivity contribution is -0.125. The van der Waals surface area contributed by atoms with Crippen molar-refractivity contribution in [1.82, 2.24) is 30.4 Å². The third-order valence-electron chi connectivity index (χ3n) is 5.42. The highest BCUT2D eigenvalue weighted by molar-refractivity contribution is 7.10. The molecule has 0 spiro atoms. The maximum Gasteiger partial charge on any atom is 0.246 e. The highest BCUT2D eigenvalue weighted by Gasteiger charge is 2.27. The molecule has 1 N–H and O–H groups in total. The zero-order chi connectivity index (χ0) is 20.9. The minimum atomic E-state index is -0.499. The second kappa shape index (κ2) is 9.68. The van der Waals surface area contributed by atoms with E-state index in [1.165, 1.54) is 22.5 Å². The molecule has 158 valence electrons. The van der Waals surface area contributed by atoms with Crippen LogP contribution in [0.25, 0.3) is 11.4 Å². The Morgan fingerprint density at radius 2 is 2.00 bits per heavy atom. The number of tetrazole rings is 1. The SMILES string of the molecule is CCC(C(=O)NCC(c1cccs1)N1CCCC1)n1nnc(-c2ccc(Cl)cc2)n1. The van der Waals surface area contributed by atoms with Crippen LogP contribution in [-0.2, 0) is 4.79 Å². The fraction of sp³-hybridized carbons (Fsp3) is 0.429. The summed E-state index contributed by atoms with van der Waals surface area (Å²) in [5.41, 5.74) is 0.813. The van der Waals surface area contributed by atoms with Gasteiger partial charge < -0.3 is 5.32 Å². The summed E-state index contributed by atoms with van der Waals surface area (Å²) in [5, 5.41) is 18.6. The van der Waals surface area contributed by atoms with Crippen molar-refractivity contribution >= 4 is 28.8 Å². The molecular formula is C21H25ClN6OS. The average Bonchev–Trinajstić information content (AvgIpc) is 3.53. The Morgan fingerprint density at radius 1 is 1.23 bits per heavy atom. The number of carbonyl (C=O) groups is 1. The molecular weight excluding hydrogens is 420 g/mol. The van der Waals surface area contributed by atoms with Gasteiger partial charge in [0.25, 0.3) is 0 Å². The molecule has 1 amide bonds. The highest BCUT2D eigenvalue weighted by Crippen LogP contribution is 2.28. The minimum Gasteiger partial charge on any atom is -0.352 e. The second-order valence-corrected chi connectivity index (χ2v) is 8.80. The van der Waals surface area contributed by atoms with Crippen LogP contribution >= 0.6 is 22.9 Å². The molecule has 9 heteroatoms. The Labute approximate surface area is 185 Å². The highest BCUT2D eigenvalue weighted by atomic mass is 35.5. The molecule has 1 saturated heterocycles. The van der Waals surface area contributed by atoms with Crippen molar-refractivity contribution in [1.29, 1.82) is 0 Å². The van der Waals surface area contributed by atoms with E-state index in [0.717, 1.165) is 18.7 Å². The molecule has 0 radical (unpaired) electrons. The molecule has 7 nitrogen and oxygen atoms in total. The van der Waals surface area contributed by atoms with Gasteiger partial charge in [-0.3, -0.25) is 9.69 Å². The zero-order valence-corrected chi connectivity index (χ0v) is 18.4. The van der Waals surface area contributed by atoms with Crippen LogP contribution in [0.5, 0.6) is 0 Å². The third kappa shape index (κ3) is 4.71. The second-order valence-electron chi connectivity index (χ2n) is 7.38. The number of hydrogen-bond donors (Lipinski definition) is 1. The van der Waals surface area contributed by atoms with Crippen LogP contribution in [0.4, 0.5) is 0 Å². The number of nitrogens with zero attached hydrogens (tertiary/aromatic N) is 5. The lowest BCUT2D eigenvalue weighted by Crippen LogP contribution is -2.40. The fourth-order valence-electron chi connectivity index (χ4n) is 3.78. The van der Waals surface area contributed by atoms with Crippen LogP contribution in [0.3, 0.4) is 0 Å². The molecule has 2 unspecified atom stereocenters. The number of carbonyl (C=O) groups excluding carboxylic acids is 1. The number of rotatable bonds is 8. The predicted molar refractivity (Wildman–Crippen MR) is 118 cm³/mol. The van der Waals surface area contributed by atoms with Gasteiger partial charge in [0.2, 0.25) is 11.7 Å². The van der Waals surface area contributed by atoms with Crippen molar-refractivity contribution in [2.24, 2.45) is 0 Å². The number of hydrogen-bond acceptors (Lipinski definition) is 6. The van der Waals surface area contributed by atoms with Crippen molar-refractivity contribution in [3.63, 3.8) is 0 Å². The standard InChI is InChI=1S/C21H25ClN6OS/c1-2-17(28-25-20(24-26-28)15-7-9-16(22)10-8-15)21(29)23-14-18(19-6-5-13-30-19)27-11-3-4-12-27/h5-10,13,17-18H,2-4,11-12,14H2,1H3,(H,23,29). The number of likely N-dealkylation sites (tertiary alicyclic amines) is 1. The first-order valence-corrected chi connectivity index (χ1v) is 11.5. The average molecular weight is 445 g/mol. The number of thiophene rings is 1. The lowest BCUT2D eigenvalue weighted by Gasteiger charge is -2.27. The molecule has 30 heavy (non-hydrogen) atoms. The van der Waals surface area contributed by atoms with Crippen molar-refractivity contribution in [3.8, 4) is 11.4 Å².